The van der Waals surface area contributed by atoms with Crippen LogP contribution in [0.15, 0.2) is 30.3 Å². The number of epoxide rings is 1. The van der Waals surface area contributed by atoms with Gasteiger partial charge in [-0.1, -0.05) is 51.1 Å². The highest BCUT2D eigenvalue weighted by molar-refractivity contribution is 5.79. The van der Waals surface area contributed by atoms with Crippen molar-refractivity contribution in [1.29, 1.82) is 0 Å². The minimum Gasteiger partial charge on any atom is -0.464 e. The van der Waals surface area contributed by atoms with Gasteiger partial charge in [-0.2, -0.15) is 0 Å². The van der Waals surface area contributed by atoms with Crippen LogP contribution in [0, 0.1) is 11.8 Å². The summed E-state index contributed by atoms with van der Waals surface area (Å²) in [6.45, 7) is 6.04. The molecule has 3 fully saturated rings. The molecule has 1 unspecified atom stereocenters. The van der Waals surface area contributed by atoms with Crippen LogP contribution in [0.3, 0.4) is 0 Å². The van der Waals surface area contributed by atoms with Gasteiger partial charge in [-0.15, -0.1) is 0 Å². The van der Waals surface area contributed by atoms with Crippen molar-refractivity contribution in [2.24, 2.45) is 11.8 Å². The minimum atomic E-state index is -0.609. The molecule has 0 aliphatic carbocycles. The van der Waals surface area contributed by atoms with E-state index in [4.69, 9.17) is 14.2 Å². The quantitative estimate of drug-likeness (QED) is 0.360. The largest absolute Gasteiger partial charge is 0.464 e. The first-order chi connectivity index (χ1) is 14.7. The molecule has 0 N–H and O–H groups in total. The van der Waals surface area contributed by atoms with E-state index in [0.29, 0.717) is 24.3 Å². The summed E-state index contributed by atoms with van der Waals surface area (Å²) >= 11 is 0. The molecule has 0 spiro atoms. The van der Waals surface area contributed by atoms with E-state index in [0.717, 1.165) is 29.3 Å². The fourth-order valence-corrected chi connectivity index (χ4v) is 5.72. The highest BCUT2D eigenvalue weighted by atomic mass is 16.6. The van der Waals surface area contributed by atoms with Gasteiger partial charge in [0.15, 0.2) is 0 Å². The first-order valence-corrected chi connectivity index (χ1v) is 11.6. The van der Waals surface area contributed by atoms with Crippen LogP contribution in [0.25, 0.3) is 0 Å². The second-order valence-electron chi connectivity index (χ2n) is 10.2. The Labute approximate surface area is 185 Å². The topological polar surface area (TPSA) is 65.1 Å². The summed E-state index contributed by atoms with van der Waals surface area (Å²) in [6.07, 6.45) is 2.89. The van der Waals surface area contributed by atoms with E-state index in [-0.39, 0.29) is 36.5 Å². The maximum Gasteiger partial charge on any atom is 0.317 e. The first kappa shape index (κ1) is 22.3. The molecule has 6 heteroatoms. The van der Waals surface area contributed by atoms with Crippen LogP contribution in [0.4, 0.5) is 0 Å². The van der Waals surface area contributed by atoms with Gasteiger partial charge in [0.05, 0.1) is 20.0 Å². The van der Waals surface area contributed by atoms with Crippen molar-refractivity contribution in [3.8, 4) is 0 Å². The molecule has 31 heavy (non-hydrogen) atoms. The van der Waals surface area contributed by atoms with E-state index in [9.17, 15) is 9.59 Å². The molecule has 3 saturated heterocycles. The average Bonchev–Trinajstić information content (AvgIpc) is 3.47. The summed E-state index contributed by atoms with van der Waals surface area (Å²) in [6, 6.07) is 10.3. The van der Waals surface area contributed by atoms with Gasteiger partial charge < -0.3 is 18.7 Å². The van der Waals surface area contributed by atoms with Crippen LogP contribution in [0.5, 0.6) is 0 Å². The van der Waals surface area contributed by atoms with Crippen LogP contribution in [-0.4, -0.2) is 67.5 Å². The van der Waals surface area contributed by atoms with Crippen molar-refractivity contribution >= 4 is 11.9 Å². The Hall–Kier alpha value is -1.92. The fraction of sp³-hybridized carbons (Fsp3) is 0.680. The fourth-order valence-electron chi connectivity index (χ4n) is 5.72. The number of benzene rings is 1. The van der Waals surface area contributed by atoms with Crippen LogP contribution in [0.2, 0.25) is 0 Å². The molecule has 0 saturated carbocycles. The van der Waals surface area contributed by atoms with E-state index < -0.39 is 5.92 Å². The van der Waals surface area contributed by atoms with Gasteiger partial charge in [0.2, 0.25) is 0 Å². The Kier molecular flexibility index (Phi) is 6.14. The van der Waals surface area contributed by atoms with Gasteiger partial charge >= 0.3 is 11.9 Å². The summed E-state index contributed by atoms with van der Waals surface area (Å²) in [5, 5.41) is 0. The van der Waals surface area contributed by atoms with Gasteiger partial charge in [0, 0.05) is 12.8 Å². The van der Waals surface area contributed by atoms with Crippen molar-refractivity contribution in [2.75, 3.05) is 20.7 Å². The third-order valence-corrected chi connectivity index (χ3v) is 7.75. The van der Waals surface area contributed by atoms with E-state index in [1.165, 1.54) is 0 Å². The Morgan fingerprint density at radius 2 is 1.68 bits per heavy atom. The molecule has 0 radical (unpaired) electrons. The molecule has 4 rings (SSSR count). The smallest absolute Gasteiger partial charge is 0.317 e. The van der Waals surface area contributed by atoms with Crippen LogP contribution in [-0.2, 0) is 23.8 Å². The third kappa shape index (κ3) is 4.24. The molecule has 7 atom stereocenters. The summed E-state index contributed by atoms with van der Waals surface area (Å²) < 4.78 is 18.4. The number of piperidine rings is 1. The molecular formula is C25H36NO5+. The van der Waals surface area contributed by atoms with E-state index >= 15 is 0 Å². The normalized spacial score (nSPS) is 32.1. The molecule has 3 heterocycles. The van der Waals surface area contributed by atoms with Crippen molar-refractivity contribution < 1.29 is 28.3 Å². The third-order valence-electron chi connectivity index (χ3n) is 7.75. The number of hydrogen-bond donors (Lipinski definition) is 0. The van der Waals surface area contributed by atoms with Gasteiger partial charge in [-0.05, 0) is 17.9 Å². The van der Waals surface area contributed by atoms with Crippen molar-refractivity contribution in [3.05, 3.63) is 35.9 Å². The zero-order valence-electron chi connectivity index (χ0n) is 19.3. The number of likely N-dealkylation sites (N-methyl/N-ethyl adjacent to an activating group) is 1. The number of rotatable bonds is 8. The second-order valence-corrected chi connectivity index (χ2v) is 10.2. The average molecular weight is 431 g/mol. The Morgan fingerprint density at radius 1 is 1.06 bits per heavy atom. The highest BCUT2D eigenvalue weighted by Gasteiger charge is 2.70. The zero-order valence-corrected chi connectivity index (χ0v) is 19.3. The first-order valence-electron chi connectivity index (χ1n) is 11.6. The van der Waals surface area contributed by atoms with Crippen LogP contribution < -0.4 is 0 Å². The maximum absolute atomic E-state index is 13.2. The number of fused-ring (bicyclic) bond motifs is 5. The molecule has 6 nitrogen and oxygen atoms in total. The lowest BCUT2D eigenvalue weighted by Crippen LogP contribution is -2.60. The van der Waals surface area contributed by atoms with E-state index in [2.05, 4.69) is 14.1 Å². The SMILES string of the molecule is CC[C@H](C(=O)OC[C@@H](C(=O)OC1C[C@@H]2[C@@H]3O[C@@H]3[C@@H](C1)[N+]2(C)C)c1ccccc1)C(C)C. The molecule has 3 aliphatic heterocycles. The minimum absolute atomic E-state index is 0.0143. The molecule has 1 aromatic carbocycles. The van der Waals surface area contributed by atoms with Gasteiger partial charge in [-0.3, -0.25) is 9.59 Å². The summed E-state index contributed by atoms with van der Waals surface area (Å²) in [5.74, 6) is -1.11. The lowest BCUT2D eigenvalue weighted by Gasteiger charge is -2.45. The molecular weight excluding hydrogens is 394 g/mol. The number of nitrogens with zero attached hydrogens (tertiary/aromatic N) is 1. The van der Waals surface area contributed by atoms with E-state index in [1.807, 2.05) is 51.1 Å². The predicted molar refractivity (Wildman–Crippen MR) is 116 cm³/mol. The standard InChI is InChI=1S/C25H36NO5/c1-6-18(15(2)3)24(27)29-14-19(16-10-8-7-9-11-16)25(28)30-17-12-20-22-23(31-22)21(13-17)26(20,4)5/h7-11,15,17-23H,6,12-14H2,1-5H3/q+1/t17?,18-,19+,20+,21+,22-,23+/m0/s1. The molecule has 2 bridgehead atoms. The van der Waals surface area contributed by atoms with Crippen molar-refractivity contribution in [1.82, 2.24) is 0 Å². The van der Waals surface area contributed by atoms with Gasteiger partial charge in [0.1, 0.15) is 42.9 Å². The molecule has 0 amide bonds. The van der Waals surface area contributed by atoms with Gasteiger partial charge in [0.25, 0.3) is 0 Å². The van der Waals surface area contributed by atoms with Crippen molar-refractivity contribution in [3.63, 3.8) is 0 Å². The number of morpholine rings is 1. The Morgan fingerprint density at radius 3 is 2.23 bits per heavy atom. The Bertz CT molecular complexity index is 787. The zero-order chi connectivity index (χ0) is 22.3. The summed E-state index contributed by atoms with van der Waals surface area (Å²) in [4.78, 5) is 25.8. The molecule has 170 valence electrons. The highest BCUT2D eigenvalue weighted by Crippen LogP contribution is 2.51. The van der Waals surface area contributed by atoms with Gasteiger partial charge in [-0.25, -0.2) is 0 Å². The van der Waals surface area contributed by atoms with Crippen molar-refractivity contribution in [2.45, 2.75) is 76.3 Å². The molecule has 1 aromatic rings. The summed E-state index contributed by atoms with van der Waals surface area (Å²) in [5.41, 5.74) is 0.818. The lowest BCUT2D eigenvalue weighted by molar-refractivity contribution is -0.938. The number of carbonyl (C=O) groups excluding carboxylic acids is 2. The lowest BCUT2D eigenvalue weighted by atomic mass is 9.93. The van der Waals surface area contributed by atoms with E-state index in [1.54, 1.807) is 0 Å². The Balaban J connectivity index is 1.42. The summed E-state index contributed by atoms with van der Waals surface area (Å²) in [7, 11) is 4.52. The van der Waals surface area contributed by atoms with Crippen LogP contribution >= 0.6 is 0 Å². The maximum atomic E-state index is 13.2. The molecule has 3 aliphatic rings. The van der Waals surface area contributed by atoms with Crippen LogP contribution in [0.1, 0.15) is 51.5 Å². The monoisotopic (exact) mass is 430 g/mol. The molecule has 0 aromatic heterocycles. The predicted octanol–water partition coefficient (Wildman–Crippen LogP) is 3.30. The number of carbonyl (C=O) groups is 2. The second kappa shape index (κ2) is 8.55. The number of hydrogen-bond acceptors (Lipinski definition) is 5. The number of esters is 2. The number of ether oxygens (including phenoxy) is 3. The number of quaternary nitrogens is 1.